The third-order valence-corrected chi connectivity index (χ3v) is 1.84. The molecule has 0 radical (unpaired) electrons. The molecule has 2 N–H and O–H groups in total. The first-order valence-electron chi connectivity index (χ1n) is 4.95. The molecule has 0 saturated heterocycles. The molecule has 0 saturated carbocycles. The molecule has 0 spiro atoms. The molecular formula is C12H12MnNO4. The van der Waals surface area contributed by atoms with Crippen LogP contribution in [-0.2, 0) is 24.5 Å². The molecule has 0 aliphatic carbocycles. The zero-order chi connectivity index (χ0) is 13.4. The van der Waals surface area contributed by atoms with Gasteiger partial charge in [0.1, 0.15) is 0 Å². The number of nitrogens with one attached hydrogen (secondary N) is 1. The maximum Gasteiger partial charge on any atom is 0.0384 e. The molecule has 2 aromatic rings. The molecule has 0 aromatic heterocycles. The summed E-state index contributed by atoms with van der Waals surface area (Å²) in [6.45, 7) is 0. The number of benzene rings is 2. The summed E-state index contributed by atoms with van der Waals surface area (Å²) in [5.41, 5.74) is 2.24. The van der Waals surface area contributed by atoms with E-state index in [1.807, 2.05) is 60.7 Å². The van der Waals surface area contributed by atoms with Gasteiger partial charge in [0.2, 0.25) is 0 Å². The van der Waals surface area contributed by atoms with Crippen LogP contribution < -0.4 is 5.32 Å². The van der Waals surface area contributed by atoms with Crippen molar-refractivity contribution in [3.63, 3.8) is 0 Å². The van der Waals surface area contributed by atoms with Gasteiger partial charge in [0.05, 0.1) is 0 Å². The number of para-hydroxylation sites is 2. The van der Waals surface area contributed by atoms with Crippen LogP contribution >= 0.6 is 0 Å². The van der Waals surface area contributed by atoms with Crippen molar-refractivity contribution in [2.45, 2.75) is 0 Å². The van der Waals surface area contributed by atoms with Gasteiger partial charge in [0.15, 0.2) is 0 Å². The van der Waals surface area contributed by atoms with E-state index in [9.17, 15) is 0 Å². The van der Waals surface area contributed by atoms with E-state index < -0.39 is 13.0 Å². The maximum atomic E-state index is 8.69. The van der Waals surface area contributed by atoms with Gasteiger partial charge in [-0.3, -0.25) is 0 Å². The molecule has 0 fully saturated rings. The van der Waals surface area contributed by atoms with Crippen molar-refractivity contribution in [2.75, 3.05) is 5.32 Å². The number of hydrogen-bond acceptors (Lipinski definition) is 4. The third kappa shape index (κ3) is 7.40. The quantitative estimate of drug-likeness (QED) is 0.830. The van der Waals surface area contributed by atoms with Crippen molar-refractivity contribution < 1.29 is 28.7 Å². The molecule has 2 aromatic carbocycles. The Labute approximate surface area is 106 Å². The van der Waals surface area contributed by atoms with Gasteiger partial charge in [-0.25, -0.2) is 0 Å². The Bertz CT molecular complexity index is 568. The molecule has 0 unspecified atom stereocenters. The fourth-order valence-electron chi connectivity index (χ4n) is 1.21. The van der Waals surface area contributed by atoms with Crippen molar-refractivity contribution >= 4 is 11.4 Å². The summed E-state index contributed by atoms with van der Waals surface area (Å²) >= 11 is -5.38. The largest absolute Gasteiger partial charge is 0.356 e. The Kier molecular flexibility index (Phi) is 5.32. The first kappa shape index (κ1) is 14.2. The topological polar surface area (TPSA) is 83.5 Å². The summed E-state index contributed by atoms with van der Waals surface area (Å²) < 4.78 is 33.1. The summed E-state index contributed by atoms with van der Waals surface area (Å²) in [5, 5.41) is 3.30. The monoisotopic (exact) mass is 289 g/mol. The summed E-state index contributed by atoms with van der Waals surface area (Å²) in [6, 6.07) is 20.3. The van der Waals surface area contributed by atoms with Crippen LogP contribution in [0.25, 0.3) is 0 Å². The maximum absolute atomic E-state index is 8.69. The van der Waals surface area contributed by atoms with E-state index in [-0.39, 0.29) is 0 Å². The molecule has 0 aliphatic heterocycles. The normalized spacial score (nSPS) is 10.1. The van der Waals surface area contributed by atoms with Gasteiger partial charge in [-0.15, -0.1) is 0 Å². The predicted molar refractivity (Wildman–Crippen MR) is 60.4 cm³/mol. The minimum absolute atomic E-state index is 1.12. The van der Waals surface area contributed by atoms with Gasteiger partial charge in [-0.2, -0.15) is 0 Å². The first-order chi connectivity index (χ1) is 8.45. The van der Waals surface area contributed by atoms with Gasteiger partial charge < -0.3 is 5.32 Å². The van der Waals surface area contributed by atoms with Crippen LogP contribution in [0.1, 0.15) is 0 Å². The summed E-state index contributed by atoms with van der Waals surface area (Å²) in [6.07, 6.45) is 0. The van der Waals surface area contributed by atoms with Crippen LogP contribution in [0.2, 0.25) is 0 Å². The smallest absolute Gasteiger partial charge is 0.0384 e. The van der Waals surface area contributed by atoms with E-state index in [1.165, 1.54) is 0 Å². The van der Waals surface area contributed by atoms with Crippen LogP contribution in [0.15, 0.2) is 60.7 Å². The van der Waals surface area contributed by atoms with E-state index in [1.54, 1.807) is 0 Å². The Morgan fingerprint density at radius 3 is 1.28 bits per heavy atom. The number of hydrogen-bond donors (Lipinski definition) is 2. The van der Waals surface area contributed by atoms with E-state index in [2.05, 4.69) is 5.32 Å². The van der Waals surface area contributed by atoms with Gasteiger partial charge in [0, 0.05) is 11.4 Å². The fraction of sp³-hybridized carbons (Fsp3) is 0. The SMILES string of the molecule is [O]=[Mn](=[O])(=[O])[OH].c1ccc(Nc2ccccc2)cc1. The molecule has 0 bridgehead atoms. The third-order valence-electron chi connectivity index (χ3n) is 1.84. The Morgan fingerprint density at radius 1 is 0.722 bits per heavy atom. The molecule has 0 heterocycles. The van der Waals surface area contributed by atoms with Crippen molar-refractivity contribution in [1.29, 1.82) is 0 Å². The Morgan fingerprint density at radius 2 is 1.00 bits per heavy atom. The minimum atomic E-state index is -5.38. The first-order valence-corrected chi connectivity index (χ1v) is 6.93. The molecule has 0 amide bonds. The Hall–Kier alpha value is -1.88. The predicted octanol–water partition coefficient (Wildman–Crippen LogP) is 2.51. The molecule has 0 aliphatic rings. The standard InChI is InChI=1S/C12H11N.Mn.H2O.3O/c1-3-7-11(8-4-1)13-12-9-5-2-6-10-12;;;;;/h1-10,13H;;1H2;;;/q;+1;;;;/p-1. The average molecular weight is 289 g/mol. The average Bonchev–Trinajstić information content (AvgIpc) is 2.29. The molecule has 6 heteroatoms. The van der Waals surface area contributed by atoms with Crippen LogP contribution in [0.3, 0.4) is 0 Å². The molecule has 18 heavy (non-hydrogen) atoms. The van der Waals surface area contributed by atoms with E-state index >= 15 is 0 Å². The van der Waals surface area contributed by atoms with E-state index in [0.29, 0.717) is 0 Å². The second kappa shape index (κ2) is 6.76. The van der Waals surface area contributed by atoms with Crippen LogP contribution in [-0.4, -0.2) is 4.19 Å². The van der Waals surface area contributed by atoms with Gasteiger partial charge in [-0.05, 0) is 24.3 Å². The van der Waals surface area contributed by atoms with Crippen LogP contribution in [0.4, 0.5) is 11.4 Å². The summed E-state index contributed by atoms with van der Waals surface area (Å²) in [7, 11) is 0. The Balaban J connectivity index is 0.000000280. The van der Waals surface area contributed by atoms with Crippen LogP contribution in [0, 0.1) is 0 Å². The van der Waals surface area contributed by atoms with E-state index in [4.69, 9.17) is 15.7 Å². The van der Waals surface area contributed by atoms with Crippen molar-refractivity contribution in [1.82, 2.24) is 0 Å². The zero-order valence-corrected chi connectivity index (χ0v) is 10.5. The van der Waals surface area contributed by atoms with Gasteiger partial charge >= 0.3 is 28.7 Å². The molecular weight excluding hydrogens is 277 g/mol. The molecule has 5 nitrogen and oxygen atoms in total. The van der Waals surface area contributed by atoms with E-state index in [0.717, 1.165) is 11.4 Å². The molecule has 2 rings (SSSR count). The summed E-state index contributed by atoms with van der Waals surface area (Å²) in [5.74, 6) is 0. The second-order valence-electron chi connectivity index (χ2n) is 3.25. The van der Waals surface area contributed by atoms with Gasteiger partial charge in [0.25, 0.3) is 0 Å². The fourth-order valence-corrected chi connectivity index (χ4v) is 1.21. The second-order valence-corrected chi connectivity index (χ2v) is 4.49. The van der Waals surface area contributed by atoms with Crippen molar-refractivity contribution in [3.05, 3.63) is 60.7 Å². The number of anilines is 2. The van der Waals surface area contributed by atoms with Crippen molar-refractivity contribution in [3.8, 4) is 0 Å². The van der Waals surface area contributed by atoms with Crippen LogP contribution in [0.5, 0.6) is 0 Å². The minimum Gasteiger partial charge on any atom is -0.356 e. The zero-order valence-electron chi connectivity index (χ0n) is 9.32. The van der Waals surface area contributed by atoms with Gasteiger partial charge in [-0.1, -0.05) is 36.4 Å². The molecule has 96 valence electrons. The van der Waals surface area contributed by atoms with Crippen molar-refractivity contribution in [2.24, 2.45) is 0 Å². The molecule has 0 atom stereocenters. The number of rotatable bonds is 2. The summed E-state index contributed by atoms with van der Waals surface area (Å²) in [4.78, 5) is 0.